The molecule has 2 fully saturated rings. The molecule has 1 aromatic carbocycles. The van der Waals surface area contributed by atoms with E-state index in [2.05, 4.69) is 11.8 Å². The molecule has 2 aliphatic heterocycles. The fourth-order valence-corrected chi connectivity index (χ4v) is 5.13. The number of methoxy groups -OCH3 is 1. The Hall–Kier alpha value is -2.63. The van der Waals surface area contributed by atoms with Gasteiger partial charge < -0.3 is 14.5 Å². The quantitative estimate of drug-likeness (QED) is 0.690. The Morgan fingerprint density at radius 2 is 1.91 bits per heavy atom. The Balaban J connectivity index is 1.30. The van der Waals surface area contributed by atoms with Crippen LogP contribution in [0.15, 0.2) is 24.3 Å². The molecule has 0 spiro atoms. The number of rotatable bonds is 6. The summed E-state index contributed by atoms with van der Waals surface area (Å²) in [6.07, 6.45) is 7.47. The molecule has 3 aliphatic rings. The lowest BCUT2D eigenvalue weighted by molar-refractivity contribution is -0.131. The van der Waals surface area contributed by atoms with Gasteiger partial charge >= 0.3 is 0 Å². The van der Waals surface area contributed by atoms with Crippen LogP contribution in [-0.2, 0) is 17.6 Å². The van der Waals surface area contributed by atoms with E-state index in [-0.39, 0.29) is 11.8 Å². The van der Waals surface area contributed by atoms with E-state index in [0.29, 0.717) is 6.42 Å². The third kappa shape index (κ3) is 4.59. The molecule has 1 aliphatic carbocycles. The van der Waals surface area contributed by atoms with Gasteiger partial charge in [0.15, 0.2) is 0 Å². The summed E-state index contributed by atoms with van der Waals surface area (Å²) in [6, 6.07) is 7.78. The number of anilines is 1. The molecule has 170 valence electrons. The van der Waals surface area contributed by atoms with Crippen LogP contribution in [0, 0.1) is 12.8 Å². The highest BCUT2D eigenvalue weighted by Gasteiger charge is 2.31. The van der Waals surface area contributed by atoms with E-state index in [9.17, 15) is 4.79 Å². The topological polar surface area (TPSA) is 58.6 Å². The van der Waals surface area contributed by atoms with Crippen LogP contribution < -0.4 is 9.64 Å². The molecule has 1 unspecified atom stereocenters. The van der Waals surface area contributed by atoms with Crippen molar-refractivity contribution in [3.05, 3.63) is 46.9 Å². The maximum Gasteiger partial charge on any atom is 0.227 e. The predicted molar refractivity (Wildman–Crippen MR) is 125 cm³/mol. The van der Waals surface area contributed by atoms with Gasteiger partial charge in [-0.05, 0) is 69.1 Å². The molecule has 32 heavy (non-hydrogen) atoms. The zero-order valence-electron chi connectivity index (χ0n) is 19.3. The smallest absolute Gasteiger partial charge is 0.227 e. The average Bonchev–Trinajstić information content (AvgIpc) is 3.64. The summed E-state index contributed by atoms with van der Waals surface area (Å²) in [7, 11) is 1.66. The van der Waals surface area contributed by atoms with Crippen LogP contribution in [0.2, 0.25) is 0 Å². The Kier molecular flexibility index (Phi) is 6.03. The largest absolute Gasteiger partial charge is 0.497 e. The fourth-order valence-electron chi connectivity index (χ4n) is 5.13. The van der Waals surface area contributed by atoms with Gasteiger partial charge in [0.2, 0.25) is 5.91 Å². The molecule has 0 bridgehead atoms. The molecule has 5 rings (SSSR count). The Morgan fingerprint density at radius 1 is 1.09 bits per heavy atom. The van der Waals surface area contributed by atoms with Gasteiger partial charge in [0.25, 0.3) is 0 Å². The van der Waals surface area contributed by atoms with Gasteiger partial charge in [0, 0.05) is 43.4 Å². The number of benzene rings is 1. The summed E-state index contributed by atoms with van der Waals surface area (Å²) < 4.78 is 5.22. The van der Waals surface area contributed by atoms with Crippen LogP contribution >= 0.6 is 0 Å². The number of aryl methyl sites for hydroxylation is 1. The molecule has 0 radical (unpaired) electrons. The molecular weight excluding hydrogens is 400 g/mol. The third-order valence-electron chi connectivity index (χ3n) is 7.19. The van der Waals surface area contributed by atoms with Crippen molar-refractivity contribution in [2.45, 2.75) is 57.8 Å². The number of fused-ring (bicyclic) bond motifs is 1. The number of carbonyl (C=O) groups is 1. The minimum Gasteiger partial charge on any atom is -0.497 e. The van der Waals surface area contributed by atoms with Crippen molar-refractivity contribution < 1.29 is 9.53 Å². The number of nitrogens with zero attached hydrogens (tertiary/aromatic N) is 4. The van der Waals surface area contributed by atoms with E-state index < -0.39 is 0 Å². The number of carbonyl (C=O) groups excluding carboxylic acids is 1. The monoisotopic (exact) mass is 434 g/mol. The highest BCUT2D eigenvalue weighted by Crippen LogP contribution is 2.36. The fraction of sp³-hybridized carbons (Fsp3) is 0.577. The Morgan fingerprint density at radius 3 is 2.66 bits per heavy atom. The molecule has 1 amide bonds. The maximum atomic E-state index is 13.0. The minimum absolute atomic E-state index is 0.185. The summed E-state index contributed by atoms with van der Waals surface area (Å²) in [6.45, 7) is 5.93. The average molecular weight is 435 g/mol. The Bertz CT molecular complexity index is 971. The summed E-state index contributed by atoms with van der Waals surface area (Å²) in [5, 5.41) is 0. The highest BCUT2D eigenvalue weighted by molar-refractivity contribution is 5.79. The summed E-state index contributed by atoms with van der Waals surface area (Å²) >= 11 is 0. The van der Waals surface area contributed by atoms with Crippen LogP contribution in [0.4, 0.5) is 5.82 Å². The van der Waals surface area contributed by atoms with Crippen LogP contribution in [-0.4, -0.2) is 54.1 Å². The zero-order valence-corrected chi connectivity index (χ0v) is 19.3. The van der Waals surface area contributed by atoms with Crippen molar-refractivity contribution in [3.63, 3.8) is 0 Å². The minimum atomic E-state index is 0.185. The van der Waals surface area contributed by atoms with E-state index in [0.717, 1.165) is 74.2 Å². The number of ether oxygens (including phenoxy) is 1. The molecule has 1 saturated carbocycles. The molecule has 3 heterocycles. The molecule has 6 nitrogen and oxygen atoms in total. The number of hydrogen-bond donors (Lipinski definition) is 0. The first-order valence-electron chi connectivity index (χ1n) is 12.1. The Labute approximate surface area is 191 Å². The maximum absolute atomic E-state index is 13.0. The number of likely N-dealkylation sites (tertiary alicyclic amines) is 1. The first-order valence-corrected chi connectivity index (χ1v) is 12.1. The molecule has 1 atom stereocenters. The van der Waals surface area contributed by atoms with Gasteiger partial charge in [-0.15, -0.1) is 0 Å². The van der Waals surface area contributed by atoms with E-state index in [4.69, 9.17) is 14.7 Å². The van der Waals surface area contributed by atoms with Crippen molar-refractivity contribution >= 4 is 11.7 Å². The molecule has 6 heteroatoms. The number of amides is 1. The normalized spacial score (nSPS) is 20.8. The van der Waals surface area contributed by atoms with Gasteiger partial charge in [-0.2, -0.15) is 0 Å². The van der Waals surface area contributed by atoms with Crippen LogP contribution in [0.25, 0.3) is 0 Å². The zero-order chi connectivity index (χ0) is 22.1. The first-order chi connectivity index (χ1) is 15.6. The second kappa shape index (κ2) is 9.08. The molecule has 1 saturated heterocycles. The van der Waals surface area contributed by atoms with Gasteiger partial charge in [-0.3, -0.25) is 4.79 Å². The van der Waals surface area contributed by atoms with Crippen LogP contribution in [0.3, 0.4) is 0 Å². The van der Waals surface area contributed by atoms with Crippen molar-refractivity contribution in [2.75, 3.05) is 38.2 Å². The predicted octanol–water partition coefficient (Wildman–Crippen LogP) is 3.90. The lowest BCUT2D eigenvalue weighted by atomic mass is 9.95. The summed E-state index contributed by atoms with van der Waals surface area (Å²) in [5.74, 6) is 4.18. The van der Waals surface area contributed by atoms with Crippen LogP contribution in [0.1, 0.15) is 60.7 Å². The molecule has 1 aromatic heterocycles. The summed E-state index contributed by atoms with van der Waals surface area (Å²) in [4.78, 5) is 27.6. The van der Waals surface area contributed by atoms with Gasteiger partial charge in [-0.25, -0.2) is 9.97 Å². The number of piperidine rings is 1. The molecular formula is C26H34N4O2. The van der Waals surface area contributed by atoms with E-state index in [1.807, 2.05) is 29.2 Å². The molecule has 2 aromatic rings. The van der Waals surface area contributed by atoms with Gasteiger partial charge in [0.1, 0.15) is 17.4 Å². The lowest BCUT2D eigenvalue weighted by Crippen LogP contribution is -2.40. The van der Waals surface area contributed by atoms with Crippen molar-refractivity contribution in [2.24, 2.45) is 5.92 Å². The first kappa shape index (κ1) is 21.2. The third-order valence-corrected chi connectivity index (χ3v) is 7.19. The van der Waals surface area contributed by atoms with E-state index in [1.54, 1.807) is 7.11 Å². The van der Waals surface area contributed by atoms with E-state index in [1.165, 1.54) is 30.6 Å². The van der Waals surface area contributed by atoms with Crippen molar-refractivity contribution in [1.82, 2.24) is 14.9 Å². The SMILES string of the molecule is COc1ccc(CC(=O)N2CCCC(c3nc(C)c4c(n3)N(CC3CC3)CCC4)C2)cc1. The lowest BCUT2D eigenvalue weighted by Gasteiger charge is -2.34. The standard InChI is InChI=1S/C26H34N4O2/c1-18-23-6-4-14-30(16-20-7-8-20)26(23)28-25(27-18)21-5-3-13-29(17-21)24(31)15-19-9-11-22(32-2)12-10-19/h9-12,20-21H,3-8,13-17H2,1-2H3. The highest BCUT2D eigenvalue weighted by atomic mass is 16.5. The van der Waals surface area contributed by atoms with E-state index >= 15 is 0 Å². The van der Waals surface area contributed by atoms with Gasteiger partial charge in [-0.1, -0.05) is 12.1 Å². The second-order valence-corrected chi connectivity index (χ2v) is 9.67. The summed E-state index contributed by atoms with van der Waals surface area (Å²) in [5.41, 5.74) is 3.49. The second-order valence-electron chi connectivity index (χ2n) is 9.67. The number of hydrogen-bond acceptors (Lipinski definition) is 5. The van der Waals surface area contributed by atoms with Gasteiger partial charge in [0.05, 0.1) is 13.5 Å². The number of aromatic nitrogens is 2. The van der Waals surface area contributed by atoms with Crippen molar-refractivity contribution in [1.29, 1.82) is 0 Å². The van der Waals surface area contributed by atoms with Crippen molar-refractivity contribution in [3.8, 4) is 5.75 Å². The molecule has 0 N–H and O–H groups in total. The van der Waals surface area contributed by atoms with Crippen LogP contribution in [0.5, 0.6) is 5.75 Å².